The molecule has 23 heavy (non-hydrogen) atoms. The van der Waals surface area contributed by atoms with Gasteiger partial charge < -0.3 is 14.8 Å². The summed E-state index contributed by atoms with van der Waals surface area (Å²) in [5.74, 6) is 0.760. The molecule has 0 aromatic heterocycles. The lowest BCUT2D eigenvalue weighted by Gasteiger charge is -2.23. The minimum atomic E-state index is -0.609. The van der Waals surface area contributed by atoms with Crippen LogP contribution >= 0.6 is 0 Å². The smallest absolute Gasteiger partial charge is 0.254 e. The van der Waals surface area contributed by atoms with E-state index in [9.17, 15) is 4.79 Å². The average molecular weight is 311 g/mol. The first-order valence-corrected chi connectivity index (χ1v) is 7.81. The number of hydrogen-bond donors (Lipinski definition) is 1. The van der Waals surface area contributed by atoms with E-state index in [1.807, 2.05) is 55.5 Å². The molecule has 1 N–H and O–H groups in total. The normalized spacial score (nSPS) is 18.6. The van der Waals surface area contributed by atoms with Gasteiger partial charge in [-0.25, -0.2) is 0 Å². The van der Waals surface area contributed by atoms with Gasteiger partial charge in [0.25, 0.3) is 5.91 Å². The maximum atomic E-state index is 12.5. The fourth-order valence-corrected chi connectivity index (χ4v) is 2.90. The number of hydrogen-bond acceptors (Lipinski definition) is 3. The molecule has 0 bridgehead atoms. The van der Waals surface area contributed by atoms with Crippen LogP contribution in [0.2, 0.25) is 0 Å². The van der Waals surface area contributed by atoms with E-state index in [1.54, 1.807) is 7.11 Å². The summed E-state index contributed by atoms with van der Waals surface area (Å²) in [6.07, 6.45) is 0.146. The zero-order chi connectivity index (χ0) is 16.2. The number of nitrogens with one attached hydrogen (secondary N) is 1. The summed E-state index contributed by atoms with van der Waals surface area (Å²) in [4.78, 5) is 12.5. The summed E-state index contributed by atoms with van der Waals surface area (Å²) in [7, 11) is 1.55. The maximum Gasteiger partial charge on any atom is 0.254 e. The standard InChI is InChI=1S/C19H21NO3/c1-13(17-12-15-10-6-7-11-16(15)23-17)20-19(21)18(22-2)14-8-4-3-5-9-14/h3-11,13,17-18H,12H2,1-2H3,(H,20,21)/t13-,17?,18+/m0/s1. The van der Waals surface area contributed by atoms with Crippen molar-refractivity contribution in [2.75, 3.05) is 7.11 Å². The summed E-state index contributed by atoms with van der Waals surface area (Å²) >= 11 is 0. The average Bonchev–Trinajstić information content (AvgIpc) is 3.01. The van der Waals surface area contributed by atoms with E-state index in [4.69, 9.17) is 9.47 Å². The van der Waals surface area contributed by atoms with Crippen molar-refractivity contribution < 1.29 is 14.3 Å². The Hall–Kier alpha value is -2.33. The number of fused-ring (bicyclic) bond motifs is 1. The van der Waals surface area contributed by atoms with Gasteiger partial charge in [0.15, 0.2) is 6.10 Å². The number of para-hydroxylation sites is 1. The summed E-state index contributed by atoms with van der Waals surface area (Å²) in [5.41, 5.74) is 2.03. The second-order valence-electron chi connectivity index (χ2n) is 5.79. The Balaban J connectivity index is 1.64. The van der Waals surface area contributed by atoms with Gasteiger partial charge in [0.2, 0.25) is 0 Å². The molecule has 0 saturated heterocycles. The van der Waals surface area contributed by atoms with Crippen LogP contribution in [0.25, 0.3) is 0 Å². The Morgan fingerprint density at radius 3 is 2.57 bits per heavy atom. The molecule has 2 aromatic rings. The maximum absolute atomic E-state index is 12.5. The lowest BCUT2D eigenvalue weighted by molar-refractivity contribution is -0.132. The Bertz CT molecular complexity index is 646. The highest BCUT2D eigenvalue weighted by atomic mass is 16.5. The molecule has 4 heteroatoms. The molecule has 120 valence electrons. The molecule has 0 radical (unpaired) electrons. The van der Waals surface area contributed by atoms with E-state index in [0.29, 0.717) is 0 Å². The number of ether oxygens (including phenoxy) is 2. The third kappa shape index (κ3) is 3.37. The topological polar surface area (TPSA) is 47.6 Å². The van der Waals surface area contributed by atoms with Crippen molar-refractivity contribution in [2.45, 2.75) is 31.6 Å². The van der Waals surface area contributed by atoms with Gasteiger partial charge in [-0.2, -0.15) is 0 Å². The summed E-state index contributed by atoms with van der Waals surface area (Å²) in [5, 5.41) is 3.02. The second-order valence-corrected chi connectivity index (χ2v) is 5.79. The van der Waals surface area contributed by atoms with Crippen LogP contribution in [0.15, 0.2) is 54.6 Å². The molecule has 0 spiro atoms. The fourth-order valence-electron chi connectivity index (χ4n) is 2.90. The van der Waals surface area contributed by atoms with Gasteiger partial charge in [-0.1, -0.05) is 48.5 Å². The quantitative estimate of drug-likeness (QED) is 0.923. The lowest BCUT2D eigenvalue weighted by atomic mass is 10.0. The summed E-state index contributed by atoms with van der Waals surface area (Å²) in [6, 6.07) is 17.4. The van der Waals surface area contributed by atoms with Crippen LogP contribution < -0.4 is 10.1 Å². The number of rotatable bonds is 5. The highest BCUT2D eigenvalue weighted by Crippen LogP contribution is 2.29. The van der Waals surface area contributed by atoms with Crippen LogP contribution in [0.3, 0.4) is 0 Å². The van der Waals surface area contributed by atoms with Gasteiger partial charge >= 0.3 is 0 Å². The highest BCUT2D eigenvalue weighted by molar-refractivity contribution is 5.82. The molecular formula is C19H21NO3. The van der Waals surface area contributed by atoms with E-state index in [-0.39, 0.29) is 18.1 Å². The van der Waals surface area contributed by atoms with Crippen molar-refractivity contribution in [1.29, 1.82) is 0 Å². The molecule has 1 unspecified atom stereocenters. The van der Waals surface area contributed by atoms with Gasteiger partial charge in [0.05, 0.1) is 6.04 Å². The van der Waals surface area contributed by atoms with Gasteiger partial charge in [-0.3, -0.25) is 4.79 Å². The highest BCUT2D eigenvalue weighted by Gasteiger charge is 2.30. The molecule has 1 aliphatic heterocycles. The molecule has 1 aliphatic rings. The SMILES string of the molecule is CO[C@@H](C(=O)N[C@@H](C)C1Cc2ccccc2O1)c1ccccc1. The molecule has 3 rings (SSSR count). The number of amides is 1. The lowest BCUT2D eigenvalue weighted by Crippen LogP contribution is -2.45. The molecule has 1 amide bonds. The van der Waals surface area contributed by atoms with Gasteiger partial charge in [-0.15, -0.1) is 0 Å². The van der Waals surface area contributed by atoms with Crippen LogP contribution in [0.4, 0.5) is 0 Å². The number of methoxy groups -OCH3 is 1. The molecule has 0 aliphatic carbocycles. The summed E-state index contributed by atoms with van der Waals surface area (Å²) in [6.45, 7) is 1.96. The Kier molecular flexibility index (Phi) is 4.63. The fraction of sp³-hybridized carbons (Fsp3) is 0.316. The van der Waals surface area contributed by atoms with Crippen LogP contribution in [-0.4, -0.2) is 25.2 Å². The zero-order valence-electron chi connectivity index (χ0n) is 13.4. The zero-order valence-corrected chi connectivity index (χ0v) is 13.4. The Morgan fingerprint density at radius 1 is 1.17 bits per heavy atom. The molecular weight excluding hydrogens is 290 g/mol. The Labute approximate surface area is 136 Å². The molecule has 3 atom stereocenters. The first kappa shape index (κ1) is 15.6. The van der Waals surface area contributed by atoms with E-state index < -0.39 is 6.10 Å². The van der Waals surface area contributed by atoms with Crippen molar-refractivity contribution >= 4 is 5.91 Å². The van der Waals surface area contributed by atoms with E-state index in [0.717, 1.165) is 17.7 Å². The van der Waals surface area contributed by atoms with Crippen LogP contribution in [0.1, 0.15) is 24.2 Å². The van der Waals surface area contributed by atoms with Crippen LogP contribution in [-0.2, 0) is 16.0 Å². The van der Waals surface area contributed by atoms with Crippen LogP contribution in [0, 0.1) is 0 Å². The van der Waals surface area contributed by atoms with E-state index in [2.05, 4.69) is 11.4 Å². The number of benzene rings is 2. The number of carbonyl (C=O) groups is 1. The number of carbonyl (C=O) groups excluding carboxylic acids is 1. The van der Waals surface area contributed by atoms with Gasteiger partial charge in [-0.05, 0) is 24.1 Å². The minimum Gasteiger partial charge on any atom is -0.488 e. The molecule has 1 heterocycles. The predicted octanol–water partition coefficient (Wildman–Crippen LogP) is 2.88. The second kappa shape index (κ2) is 6.84. The third-order valence-electron chi connectivity index (χ3n) is 4.18. The molecule has 4 nitrogen and oxygen atoms in total. The molecule has 0 fully saturated rings. The molecule has 0 saturated carbocycles. The van der Waals surface area contributed by atoms with Gasteiger partial charge in [0.1, 0.15) is 11.9 Å². The largest absolute Gasteiger partial charge is 0.488 e. The summed E-state index contributed by atoms with van der Waals surface area (Å²) < 4.78 is 11.3. The van der Waals surface area contributed by atoms with E-state index >= 15 is 0 Å². The monoisotopic (exact) mass is 311 g/mol. The van der Waals surface area contributed by atoms with Crippen molar-refractivity contribution in [2.24, 2.45) is 0 Å². The van der Waals surface area contributed by atoms with Crippen molar-refractivity contribution in [3.05, 3.63) is 65.7 Å². The molecule has 2 aromatic carbocycles. The minimum absolute atomic E-state index is 0.0513. The Morgan fingerprint density at radius 2 is 1.87 bits per heavy atom. The van der Waals surface area contributed by atoms with E-state index in [1.165, 1.54) is 5.56 Å². The van der Waals surface area contributed by atoms with Crippen LogP contribution in [0.5, 0.6) is 5.75 Å². The first-order chi connectivity index (χ1) is 11.2. The van der Waals surface area contributed by atoms with Crippen molar-refractivity contribution in [1.82, 2.24) is 5.32 Å². The van der Waals surface area contributed by atoms with Gasteiger partial charge in [0, 0.05) is 13.5 Å². The van der Waals surface area contributed by atoms with Crippen molar-refractivity contribution in [3.8, 4) is 5.75 Å². The third-order valence-corrected chi connectivity index (χ3v) is 4.18. The van der Waals surface area contributed by atoms with Crippen molar-refractivity contribution in [3.63, 3.8) is 0 Å². The predicted molar refractivity (Wildman–Crippen MR) is 88.4 cm³/mol. The first-order valence-electron chi connectivity index (χ1n) is 7.81.